The van der Waals surface area contributed by atoms with Crippen molar-refractivity contribution in [3.63, 3.8) is 0 Å². The van der Waals surface area contributed by atoms with Crippen LogP contribution in [0.3, 0.4) is 0 Å². The molecule has 0 radical (unpaired) electrons. The largest absolute Gasteiger partial charge is 0.321 e. The Morgan fingerprint density at radius 2 is 1.76 bits per heavy atom. The zero-order chi connectivity index (χ0) is 17.8. The van der Waals surface area contributed by atoms with E-state index < -0.39 is 0 Å². The van der Waals surface area contributed by atoms with Crippen molar-refractivity contribution in [2.45, 2.75) is 6.54 Å². The summed E-state index contributed by atoms with van der Waals surface area (Å²) in [7, 11) is 3.95. The zero-order valence-electron chi connectivity index (χ0n) is 14.4. The van der Waals surface area contributed by atoms with Crippen molar-refractivity contribution in [1.82, 2.24) is 9.47 Å². The number of pyridine rings is 1. The maximum absolute atomic E-state index is 12.7. The Morgan fingerprint density at radius 3 is 2.48 bits per heavy atom. The lowest BCUT2D eigenvalue weighted by Crippen LogP contribution is -2.26. The minimum absolute atomic E-state index is 0.0461. The van der Waals surface area contributed by atoms with E-state index >= 15 is 0 Å². The van der Waals surface area contributed by atoms with Crippen LogP contribution in [-0.2, 0) is 6.54 Å². The molecule has 5 heteroatoms. The van der Waals surface area contributed by atoms with Gasteiger partial charge in [-0.25, -0.2) is 0 Å². The number of anilines is 1. The van der Waals surface area contributed by atoms with Gasteiger partial charge in [-0.2, -0.15) is 0 Å². The molecule has 0 fully saturated rings. The number of likely N-dealkylation sites (N-methyl/N-ethyl adjacent to an activating group) is 1. The van der Waals surface area contributed by atoms with E-state index in [-0.39, 0.29) is 11.5 Å². The maximum atomic E-state index is 12.7. The highest BCUT2D eigenvalue weighted by atomic mass is 16.1. The van der Waals surface area contributed by atoms with Crippen LogP contribution < -0.4 is 10.9 Å². The number of carbonyl (C=O) groups is 1. The fourth-order valence-corrected chi connectivity index (χ4v) is 2.70. The first kappa shape index (κ1) is 16.9. The summed E-state index contributed by atoms with van der Waals surface area (Å²) in [5.74, 6) is -0.190. The third-order valence-corrected chi connectivity index (χ3v) is 4.09. The van der Waals surface area contributed by atoms with Gasteiger partial charge in [0.2, 0.25) is 0 Å². The van der Waals surface area contributed by atoms with Crippen LogP contribution in [-0.4, -0.2) is 36.0 Å². The lowest BCUT2D eigenvalue weighted by molar-refractivity contribution is 0.102. The van der Waals surface area contributed by atoms with Gasteiger partial charge < -0.3 is 14.8 Å². The summed E-state index contributed by atoms with van der Waals surface area (Å²) in [6, 6.07) is 16.3. The van der Waals surface area contributed by atoms with Crippen molar-refractivity contribution in [2.75, 3.05) is 26.0 Å². The summed E-state index contributed by atoms with van der Waals surface area (Å²) < 4.78 is 1.70. The minimum Gasteiger partial charge on any atom is -0.321 e. The van der Waals surface area contributed by atoms with Crippen molar-refractivity contribution in [3.8, 4) is 0 Å². The summed E-state index contributed by atoms with van der Waals surface area (Å²) >= 11 is 0. The summed E-state index contributed by atoms with van der Waals surface area (Å²) in [6.07, 6.45) is 1.78. The normalized spacial score (nSPS) is 11.0. The van der Waals surface area contributed by atoms with E-state index in [1.807, 2.05) is 49.3 Å². The fourth-order valence-electron chi connectivity index (χ4n) is 2.70. The Hall–Kier alpha value is -2.92. The average Bonchev–Trinajstić information content (AvgIpc) is 2.62. The van der Waals surface area contributed by atoms with E-state index in [4.69, 9.17) is 0 Å². The van der Waals surface area contributed by atoms with Gasteiger partial charge >= 0.3 is 0 Å². The van der Waals surface area contributed by atoms with E-state index in [1.165, 1.54) is 0 Å². The summed E-state index contributed by atoms with van der Waals surface area (Å²) in [5.41, 5.74) is 1.18. The number of nitrogens with zero attached hydrogens (tertiary/aromatic N) is 2. The Morgan fingerprint density at radius 1 is 1.00 bits per heavy atom. The zero-order valence-corrected chi connectivity index (χ0v) is 14.4. The fraction of sp³-hybridized carbons (Fsp3) is 0.200. The van der Waals surface area contributed by atoms with Crippen LogP contribution in [0.2, 0.25) is 0 Å². The van der Waals surface area contributed by atoms with Crippen LogP contribution in [0, 0.1) is 0 Å². The number of hydrogen-bond acceptors (Lipinski definition) is 3. The molecule has 0 spiro atoms. The molecule has 1 N–H and O–H groups in total. The van der Waals surface area contributed by atoms with E-state index in [0.29, 0.717) is 23.2 Å². The molecule has 0 aliphatic heterocycles. The van der Waals surface area contributed by atoms with Gasteiger partial charge in [0.25, 0.3) is 11.5 Å². The van der Waals surface area contributed by atoms with Crippen molar-refractivity contribution in [2.24, 2.45) is 0 Å². The molecule has 1 aromatic heterocycles. The molecule has 0 aliphatic rings. The second-order valence-corrected chi connectivity index (χ2v) is 6.20. The number of nitrogens with one attached hydrogen (secondary N) is 1. The molecule has 1 amide bonds. The van der Waals surface area contributed by atoms with Gasteiger partial charge in [-0.15, -0.1) is 0 Å². The van der Waals surface area contributed by atoms with E-state index in [1.54, 1.807) is 35.0 Å². The first-order valence-corrected chi connectivity index (χ1v) is 8.19. The van der Waals surface area contributed by atoms with Gasteiger partial charge in [0.1, 0.15) is 0 Å². The highest BCUT2D eigenvalue weighted by Crippen LogP contribution is 2.21. The van der Waals surface area contributed by atoms with Crippen molar-refractivity contribution >= 4 is 22.4 Å². The lowest BCUT2D eigenvalue weighted by Gasteiger charge is -2.13. The SMILES string of the molecule is CN(C)CCn1ccc2c(NC(=O)c3ccccc3)cccc2c1=O. The predicted octanol–water partition coefficient (Wildman–Crippen LogP) is 2.82. The van der Waals surface area contributed by atoms with E-state index in [0.717, 1.165) is 11.9 Å². The minimum atomic E-state index is -0.190. The Bertz CT molecular complexity index is 946. The first-order chi connectivity index (χ1) is 12.1. The van der Waals surface area contributed by atoms with Crippen LogP contribution in [0.15, 0.2) is 65.6 Å². The summed E-state index contributed by atoms with van der Waals surface area (Å²) in [4.78, 5) is 27.1. The number of aromatic nitrogens is 1. The molecule has 128 valence electrons. The van der Waals surface area contributed by atoms with Crippen molar-refractivity contribution in [3.05, 3.63) is 76.7 Å². The topological polar surface area (TPSA) is 54.3 Å². The summed E-state index contributed by atoms with van der Waals surface area (Å²) in [5, 5.41) is 4.25. The predicted molar refractivity (Wildman–Crippen MR) is 101 cm³/mol. The molecule has 25 heavy (non-hydrogen) atoms. The molecule has 5 nitrogen and oxygen atoms in total. The Labute approximate surface area is 146 Å². The molecule has 0 unspecified atom stereocenters. The van der Waals surface area contributed by atoms with Crippen molar-refractivity contribution < 1.29 is 4.79 Å². The lowest BCUT2D eigenvalue weighted by atomic mass is 10.1. The third kappa shape index (κ3) is 3.78. The number of fused-ring (bicyclic) bond motifs is 1. The van der Waals surface area contributed by atoms with E-state index in [9.17, 15) is 9.59 Å². The number of carbonyl (C=O) groups excluding carboxylic acids is 1. The molecular weight excluding hydrogens is 314 g/mol. The first-order valence-electron chi connectivity index (χ1n) is 8.19. The van der Waals surface area contributed by atoms with Gasteiger partial charge in [-0.05, 0) is 44.4 Å². The third-order valence-electron chi connectivity index (χ3n) is 4.09. The molecule has 1 heterocycles. The molecule has 0 bridgehead atoms. The quantitative estimate of drug-likeness (QED) is 0.780. The van der Waals surface area contributed by atoms with Gasteiger partial charge in [0.15, 0.2) is 0 Å². The number of hydrogen-bond donors (Lipinski definition) is 1. The Balaban J connectivity index is 1.94. The maximum Gasteiger partial charge on any atom is 0.258 e. The molecule has 0 atom stereocenters. The highest BCUT2D eigenvalue weighted by molar-refractivity contribution is 6.08. The van der Waals surface area contributed by atoms with Gasteiger partial charge in [0, 0.05) is 41.3 Å². The molecule has 3 aromatic rings. The molecule has 0 saturated carbocycles. The van der Waals surface area contributed by atoms with Crippen LogP contribution in [0.5, 0.6) is 0 Å². The van der Waals surface area contributed by atoms with Gasteiger partial charge in [0.05, 0.1) is 0 Å². The van der Waals surface area contributed by atoms with E-state index in [2.05, 4.69) is 5.32 Å². The summed E-state index contributed by atoms with van der Waals surface area (Å²) in [6.45, 7) is 1.41. The monoisotopic (exact) mass is 335 g/mol. The number of amides is 1. The Kier molecular flexibility index (Phi) is 4.95. The van der Waals surface area contributed by atoms with Gasteiger partial charge in [-0.3, -0.25) is 9.59 Å². The molecular formula is C20H21N3O2. The average molecular weight is 335 g/mol. The standard InChI is InChI=1S/C20H21N3O2/c1-22(2)13-14-23-12-11-16-17(20(23)25)9-6-10-18(16)21-19(24)15-7-4-3-5-8-15/h3-12H,13-14H2,1-2H3,(H,21,24). The van der Waals surface area contributed by atoms with Crippen LogP contribution >= 0.6 is 0 Å². The number of benzene rings is 2. The second-order valence-electron chi connectivity index (χ2n) is 6.20. The van der Waals surface area contributed by atoms with Crippen molar-refractivity contribution in [1.29, 1.82) is 0 Å². The molecule has 0 aliphatic carbocycles. The highest BCUT2D eigenvalue weighted by Gasteiger charge is 2.10. The van der Waals surface area contributed by atoms with Gasteiger partial charge in [-0.1, -0.05) is 24.3 Å². The molecule has 0 saturated heterocycles. The molecule has 3 rings (SSSR count). The second kappa shape index (κ2) is 7.32. The molecule has 2 aromatic carbocycles. The van der Waals surface area contributed by atoms with Crippen LogP contribution in [0.25, 0.3) is 10.8 Å². The number of rotatable bonds is 5. The smallest absolute Gasteiger partial charge is 0.258 e. The van der Waals surface area contributed by atoms with Crippen LogP contribution in [0.4, 0.5) is 5.69 Å². The van der Waals surface area contributed by atoms with Crippen LogP contribution in [0.1, 0.15) is 10.4 Å².